The molecular weight excluding hydrogens is 372 g/mol. The summed E-state index contributed by atoms with van der Waals surface area (Å²) < 4.78 is 10.1. The minimum atomic E-state index is -0.435. The lowest BCUT2D eigenvalue weighted by Crippen LogP contribution is -2.29. The molecule has 0 atom stereocenters. The quantitative estimate of drug-likeness (QED) is 0.630. The summed E-state index contributed by atoms with van der Waals surface area (Å²) >= 11 is 0. The molecule has 8 heteroatoms. The topological polar surface area (TPSA) is 97.6 Å². The molecule has 0 saturated heterocycles. The van der Waals surface area contributed by atoms with Crippen LogP contribution in [-0.2, 0) is 13.0 Å². The van der Waals surface area contributed by atoms with Crippen molar-refractivity contribution in [2.45, 2.75) is 13.0 Å². The Morgan fingerprint density at radius 2 is 1.83 bits per heavy atom. The molecule has 1 aromatic heterocycles. The van der Waals surface area contributed by atoms with E-state index in [-0.39, 0.29) is 11.8 Å². The Balaban J connectivity index is 1.50. The Morgan fingerprint density at radius 3 is 2.52 bits per heavy atom. The summed E-state index contributed by atoms with van der Waals surface area (Å²) in [5, 5.41) is 6.55. The molecule has 0 unspecified atom stereocenters. The molecule has 0 aliphatic rings. The summed E-state index contributed by atoms with van der Waals surface area (Å²) in [7, 11) is 3.27. The molecule has 2 aromatic carbocycles. The van der Waals surface area contributed by atoms with Gasteiger partial charge in [0, 0.05) is 32.1 Å². The minimum absolute atomic E-state index is 0.0972. The summed E-state index contributed by atoms with van der Waals surface area (Å²) in [6.45, 7) is 0.756. The highest BCUT2D eigenvalue weighted by Crippen LogP contribution is 2.13. The maximum Gasteiger partial charge on any atom is 0.315 e. The number of methoxy groups -OCH3 is 1. The van der Waals surface area contributed by atoms with E-state index in [0.717, 1.165) is 5.56 Å². The molecule has 150 valence electrons. The van der Waals surface area contributed by atoms with Gasteiger partial charge in [-0.3, -0.25) is 9.59 Å². The summed E-state index contributed by atoms with van der Waals surface area (Å²) in [5.74, 6) is 0.394. The fraction of sp³-hybridized carbons (Fsp3) is 0.238. The Morgan fingerprint density at radius 1 is 1.10 bits per heavy atom. The van der Waals surface area contributed by atoms with Crippen LogP contribution in [0.15, 0.2) is 59.1 Å². The maximum atomic E-state index is 12.5. The number of ether oxygens (including phenoxy) is 1. The van der Waals surface area contributed by atoms with Crippen molar-refractivity contribution in [3.8, 4) is 5.75 Å². The van der Waals surface area contributed by atoms with Gasteiger partial charge in [0.25, 0.3) is 5.91 Å². The van der Waals surface area contributed by atoms with Gasteiger partial charge in [0.15, 0.2) is 5.82 Å². The van der Waals surface area contributed by atoms with Gasteiger partial charge in [-0.1, -0.05) is 35.5 Å². The van der Waals surface area contributed by atoms with Crippen molar-refractivity contribution >= 4 is 11.8 Å². The SMILES string of the molecule is COc1ccc(C(=O)N(C)CCc2noc(C(=O)NCc3ccccc3)n2)cc1. The van der Waals surface area contributed by atoms with Gasteiger partial charge >= 0.3 is 11.8 Å². The van der Waals surface area contributed by atoms with Crippen molar-refractivity contribution in [3.63, 3.8) is 0 Å². The van der Waals surface area contributed by atoms with E-state index in [2.05, 4.69) is 15.5 Å². The van der Waals surface area contributed by atoms with Crippen LogP contribution >= 0.6 is 0 Å². The second-order valence-corrected chi connectivity index (χ2v) is 6.39. The van der Waals surface area contributed by atoms with Gasteiger partial charge in [-0.2, -0.15) is 4.98 Å². The predicted octanol–water partition coefficient (Wildman–Crippen LogP) is 2.32. The minimum Gasteiger partial charge on any atom is -0.497 e. The molecule has 0 spiro atoms. The largest absolute Gasteiger partial charge is 0.497 e. The molecular formula is C21H22N4O4. The zero-order chi connectivity index (χ0) is 20.6. The Hall–Kier alpha value is -3.68. The summed E-state index contributed by atoms with van der Waals surface area (Å²) in [6, 6.07) is 16.4. The molecule has 3 aromatic rings. The number of carbonyl (C=O) groups excluding carboxylic acids is 2. The van der Waals surface area contributed by atoms with Crippen molar-refractivity contribution in [1.82, 2.24) is 20.4 Å². The van der Waals surface area contributed by atoms with E-state index in [0.29, 0.717) is 36.6 Å². The number of aromatic nitrogens is 2. The van der Waals surface area contributed by atoms with Crippen molar-refractivity contribution in [3.05, 3.63) is 77.4 Å². The van der Waals surface area contributed by atoms with Crippen LogP contribution in [0, 0.1) is 0 Å². The highest BCUT2D eigenvalue weighted by molar-refractivity contribution is 5.94. The van der Waals surface area contributed by atoms with Crippen LogP contribution in [0.25, 0.3) is 0 Å². The van der Waals surface area contributed by atoms with Crippen LogP contribution in [0.2, 0.25) is 0 Å². The number of nitrogens with zero attached hydrogens (tertiary/aromatic N) is 3. The third-order valence-electron chi connectivity index (χ3n) is 4.31. The predicted molar refractivity (Wildman–Crippen MR) is 106 cm³/mol. The molecule has 0 fully saturated rings. The molecule has 0 saturated carbocycles. The fourth-order valence-electron chi connectivity index (χ4n) is 2.62. The van der Waals surface area contributed by atoms with Gasteiger partial charge in [0.1, 0.15) is 5.75 Å². The third kappa shape index (κ3) is 5.41. The van der Waals surface area contributed by atoms with Crippen LogP contribution in [0.3, 0.4) is 0 Å². The van der Waals surface area contributed by atoms with E-state index in [1.54, 1.807) is 43.3 Å². The number of likely N-dealkylation sites (N-methyl/N-ethyl adjacent to an activating group) is 1. The van der Waals surface area contributed by atoms with Gasteiger partial charge in [0.05, 0.1) is 7.11 Å². The molecule has 3 rings (SSSR count). The van der Waals surface area contributed by atoms with E-state index >= 15 is 0 Å². The summed E-state index contributed by atoms with van der Waals surface area (Å²) in [6.07, 6.45) is 0.369. The average Bonchev–Trinajstić information content (AvgIpc) is 3.25. The zero-order valence-corrected chi connectivity index (χ0v) is 16.3. The van der Waals surface area contributed by atoms with Gasteiger partial charge in [0.2, 0.25) is 0 Å². The first-order valence-corrected chi connectivity index (χ1v) is 9.11. The van der Waals surface area contributed by atoms with Crippen LogP contribution < -0.4 is 10.1 Å². The lowest BCUT2D eigenvalue weighted by atomic mass is 10.2. The summed E-state index contributed by atoms with van der Waals surface area (Å²) in [4.78, 5) is 30.3. The third-order valence-corrected chi connectivity index (χ3v) is 4.31. The van der Waals surface area contributed by atoms with Crippen molar-refractivity contribution in [2.75, 3.05) is 20.7 Å². The fourth-order valence-corrected chi connectivity index (χ4v) is 2.62. The first-order chi connectivity index (χ1) is 14.1. The number of hydrogen-bond acceptors (Lipinski definition) is 6. The highest BCUT2D eigenvalue weighted by atomic mass is 16.5. The second kappa shape index (κ2) is 9.50. The molecule has 8 nitrogen and oxygen atoms in total. The smallest absolute Gasteiger partial charge is 0.315 e. The van der Waals surface area contributed by atoms with E-state index in [1.807, 2.05) is 30.3 Å². The Labute approximate surface area is 168 Å². The Bertz CT molecular complexity index is 954. The molecule has 1 N–H and O–H groups in total. The number of benzene rings is 2. The van der Waals surface area contributed by atoms with Gasteiger partial charge in [-0.05, 0) is 29.8 Å². The maximum absolute atomic E-state index is 12.5. The number of amides is 2. The summed E-state index contributed by atoms with van der Waals surface area (Å²) in [5.41, 5.74) is 1.53. The zero-order valence-electron chi connectivity index (χ0n) is 16.3. The van der Waals surface area contributed by atoms with Crippen LogP contribution in [0.5, 0.6) is 5.75 Å². The van der Waals surface area contributed by atoms with Crippen molar-refractivity contribution in [1.29, 1.82) is 0 Å². The number of hydrogen-bond donors (Lipinski definition) is 1. The lowest BCUT2D eigenvalue weighted by molar-refractivity contribution is 0.0795. The standard InChI is InChI=1S/C21H22N4O4/c1-25(21(27)16-8-10-17(28-2)11-9-16)13-12-18-23-20(29-24-18)19(26)22-14-15-6-4-3-5-7-15/h3-11H,12-14H2,1-2H3,(H,22,26). The number of rotatable bonds is 8. The van der Waals surface area contributed by atoms with E-state index in [1.165, 1.54) is 0 Å². The molecule has 0 radical (unpaired) electrons. The highest BCUT2D eigenvalue weighted by Gasteiger charge is 2.17. The molecule has 0 bridgehead atoms. The van der Waals surface area contributed by atoms with Gasteiger partial charge in [-0.15, -0.1) is 0 Å². The van der Waals surface area contributed by atoms with E-state index in [4.69, 9.17) is 9.26 Å². The molecule has 1 heterocycles. The monoisotopic (exact) mass is 394 g/mol. The van der Waals surface area contributed by atoms with Crippen molar-refractivity contribution < 1.29 is 18.8 Å². The van der Waals surface area contributed by atoms with Gasteiger partial charge < -0.3 is 19.5 Å². The van der Waals surface area contributed by atoms with Crippen LogP contribution in [-0.4, -0.2) is 47.6 Å². The normalized spacial score (nSPS) is 10.4. The van der Waals surface area contributed by atoms with Crippen LogP contribution in [0.1, 0.15) is 32.4 Å². The van der Waals surface area contributed by atoms with Gasteiger partial charge in [-0.25, -0.2) is 0 Å². The van der Waals surface area contributed by atoms with Crippen LogP contribution in [0.4, 0.5) is 0 Å². The molecule has 0 aliphatic carbocycles. The lowest BCUT2D eigenvalue weighted by Gasteiger charge is -2.16. The number of nitrogens with one attached hydrogen (secondary N) is 1. The van der Waals surface area contributed by atoms with E-state index < -0.39 is 5.91 Å². The van der Waals surface area contributed by atoms with E-state index in [9.17, 15) is 9.59 Å². The molecule has 2 amide bonds. The number of carbonyl (C=O) groups is 2. The average molecular weight is 394 g/mol. The van der Waals surface area contributed by atoms with Crippen molar-refractivity contribution in [2.24, 2.45) is 0 Å². The molecule has 0 aliphatic heterocycles. The molecule has 29 heavy (non-hydrogen) atoms. The second-order valence-electron chi connectivity index (χ2n) is 6.39. The Kier molecular flexibility index (Phi) is 6.57. The first-order valence-electron chi connectivity index (χ1n) is 9.11. The first kappa shape index (κ1) is 20.1.